The van der Waals surface area contributed by atoms with Crippen molar-refractivity contribution in [1.29, 1.82) is 0 Å². The van der Waals surface area contributed by atoms with E-state index in [0.29, 0.717) is 19.6 Å². The molecule has 116 valence electrons. The molecule has 0 amide bonds. The summed E-state index contributed by atoms with van der Waals surface area (Å²) in [5, 5.41) is 11.5. The van der Waals surface area contributed by atoms with E-state index in [4.69, 9.17) is 4.74 Å². The molecule has 1 saturated heterocycles. The van der Waals surface area contributed by atoms with Crippen molar-refractivity contribution in [1.82, 2.24) is 4.90 Å². The summed E-state index contributed by atoms with van der Waals surface area (Å²) < 4.78 is 5.92. The van der Waals surface area contributed by atoms with E-state index in [0.717, 1.165) is 24.2 Å². The molecule has 4 heteroatoms. The topological polar surface area (TPSA) is 49.8 Å². The number of carboxylic acids is 1. The first-order valence-electron chi connectivity index (χ1n) is 7.65. The van der Waals surface area contributed by atoms with E-state index in [9.17, 15) is 9.90 Å². The van der Waals surface area contributed by atoms with Crippen molar-refractivity contribution in [3.8, 4) is 5.75 Å². The minimum absolute atomic E-state index is 0.573. The van der Waals surface area contributed by atoms with Crippen molar-refractivity contribution in [2.45, 2.75) is 13.3 Å². The standard InChI is InChI=1S/C18H21NO3/c1-18(17(20)21)9-10-19(13-18)11-12-22-16-8-4-6-14-5-2-3-7-15(14)16/h2-8H,9-13H2,1H3,(H,20,21). The number of rotatable bonds is 5. The van der Waals surface area contributed by atoms with Gasteiger partial charge in [-0.1, -0.05) is 36.4 Å². The van der Waals surface area contributed by atoms with Crippen molar-refractivity contribution in [2.75, 3.05) is 26.2 Å². The highest BCUT2D eigenvalue weighted by molar-refractivity contribution is 5.88. The fraction of sp³-hybridized carbons (Fsp3) is 0.389. The Balaban J connectivity index is 1.58. The molecular weight excluding hydrogens is 278 g/mol. The highest BCUT2D eigenvalue weighted by atomic mass is 16.5. The van der Waals surface area contributed by atoms with E-state index in [-0.39, 0.29) is 0 Å². The Morgan fingerprint density at radius 1 is 1.27 bits per heavy atom. The van der Waals surface area contributed by atoms with Gasteiger partial charge in [0.25, 0.3) is 0 Å². The first-order chi connectivity index (χ1) is 10.6. The molecule has 4 nitrogen and oxygen atoms in total. The van der Waals surface area contributed by atoms with Crippen molar-refractivity contribution in [3.63, 3.8) is 0 Å². The van der Waals surface area contributed by atoms with Crippen molar-refractivity contribution >= 4 is 16.7 Å². The third-order valence-corrected chi connectivity index (χ3v) is 4.48. The van der Waals surface area contributed by atoms with Crippen molar-refractivity contribution in [2.24, 2.45) is 5.41 Å². The maximum atomic E-state index is 11.3. The number of hydrogen-bond acceptors (Lipinski definition) is 3. The maximum absolute atomic E-state index is 11.3. The SMILES string of the molecule is CC1(C(=O)O)CCN(CCOc2cccc3ccccc23)C1. The van der Waals surface area contributed by atoms with Crippen LogP contribution in [0.3, 0.4) is 0 Å². The lowest BCUT2D eigenvalue weighted by atomic mass is 9.90. The van der Waals surface area contributed by atoms with Gasteiger partial charge in [0.1, 0.15) is 12.4 Å². The van der Waals surface area contributed by atoms with Crippen LogP contribution in [-0.2, 0) is 4.79 Å². The van der Waals surface area contributed by atoms with Gasteiger partial charge < -0.3 is 9.84 Å². The third-order valence-electron chi connectivity index (χ3n) is 4.48. The Morgan fingerprint density at radius 3 is 2.82 bits per heavy atom. The zero-order chi connectivity index (χ0) is 15.6. The van der Waals surface area contributed by atoms with E-state index in [1.165, 1.54) is 5.39 Å². The summed E-state index contributed by atoms with van der Waals surface area (Å²) in [5.41, 5.74) is -0.612. The molecule has 0 spiro atoms. The maximum Gasteiger partial charge on any atom is 0.310 e. The molecule has 0 saturated carbocycles. The molecule has 1 aliphatic rings. The van der Waals surface area contributed by atoms with Gasteiger partial charge in [-0.15, -0.1) is 0 Å². The van der Waals surface area contributed by atoms with Crippen LogP contribution in [0.2, 0.25) is 0 Å². The molecule has 2 aromatic carbocycles. The molecule has 22 heavy (non-hydrogen) atoms. The van der Waals surface area contributed by atoms with E-state index in [1.54, 1.807) is 0 Å². The first-order valence-corrected chi connectivity index (χ1v) is 7.65. The second-order valence-corrected chi connectivity index (χ2v) is 6.22. The Labute approximate surface area is 130 Å². The van der Waals surface area contributed by atoms with E-state index >= 15 is 0 Å². The van der Waals surface area contributed by atoms with Crippen LogP contribution in [-0.4, -0.2) is 42.2 Å². The molecule has 0 aliphatic carbocycles. The van der Waals surface area contributed by atoms with Crippen LogP contribution in [0.1, 0.15) is 13.3 Å². The second-order valence-electron chi connectivity index (χ2n) is 6.22. The molecule has 1 aliphatic heterocycles. The number of aliphatic carboxylic acids is 1. The van der Waals surface area contributed by atoms with Gasteiger partial charge in [-0.05, 0) is 31.3 Å². The van der Waals surface area contributed by atoms with E-state index in [1.807, 2.05) is 31.2 Å². The molecular formula is C18H21NO3. The van der Waals surface area contributed by atoms with Gasteiger partial charge in [-0.2, -0.15) is 0 Å². The number of hydrogen-bond donors (Lipinski definition) is 1. The van der Waals surface area contributed by atoms with Crippen molar-refractivity contribution < 1.29 is 14.6 Å². The Morgan fingerprint density at radius 2 is 2.05 bits per heavy atom. The average Bonchev–Trinajstić information content (AvgIpc) is 2.91. The molecule has 0 aromatic heterocycles. The Kier molecular flexibility index (Phi) is 4.03. The largest absolute Gasteiger partial charge is 0.492 e. The molecule has 0 bridgehead atoms. The predicted octanol–water partition coefficient (Wildman–Crippen LogP) is 3.02. The van der Waals surface area contributed by atoms with Gasteiger partial charge in [0.15, 0.2) is 0 Å². The van der Waals surface area contributed by atoms with Crippen molar-refractivity contribution in [3.05, 3.63) is 42.5 Å². The zero-order valence-corrected chi connectivity index (χ0v) is 12.8. The summed E-state index contributed by atoms with van der Waals surface area (Å²) in [6.45, 7) is 4.57. The first kappa shape index (κ1) is 14.9. The van der Waals surface area contributed by atoms with Crippen LogP contribution < -0.4 is 4.74 Å². The number of nitrogens with zero attached hydrogens (tertiary/aromatic N) is 1. The monoisotopic (exact) mass is 299 g/mol. The predicted molar refractivity (Wildman–Crippen MR) is 86.2 cm³/mol. The van der Waals surface area contributed by atoms with Gasteiger partial charge in [0.2, 0.25) is 0 Å². The average molecular weight is 299 g/mol. The van der Waals surface area contributed by atoms with Gasteiger partial charge in [0.05, 0.1) is 5.41 Å². The fourth-order valence-corrected chi connectivity index (χ4v) is 3.03. The van der Waals surface area contributed by atoms with Gasteiger partial charge in [0, 0.05) is 18.5 Å². The fourth-order valence-electron chi connectivity index (χ4n) is 3.03. The number of benzene rings is 2. The van der Waals surface area contributed by atoms with Gasteiger partial charge in [-0.3, -0.25) is 9.69 Å². The summed E-state index contributed by atoms with van der Waals surface area (Å²) in [5.74, 6) is 0.184. The number of carbonyl (C=O) groups is 1. The molecule has 1 unspecified atom stereocenters. The molecule has 1 atom stereocenters. The lowest BCUT2D eigenvalue weighted by Crippen LogP contribution is -2.33. The normalized spacial score (nSPS) is 22.0. The van der Waals surface area contributed by atoms with Crippen LogP contribution in [0.4, 0.5) is 0 Å². The van der Waals surface area contributed by atoms with Gasteiger partial charge >= 0.3 is 5.97 Å². The van der Waals surface area contributed by atoms with Crippen LogP contribution in [0.15, 0.2) is 42.5 Å². The number of likely N-dealkylation sites (tertiary alicyclic amines) is 1. The van der Waals surface area contributed by atoms with Crippen LogP contribution in [0, 0.1) is 5.41 Å². The minimum atomic E-state index is -0.704. The lowest BCUT2D eigenvalue weighted by Gasteiger charge is -2.20. The minimum Gasteiger partial charge on any atom is -0.492 e. The molecule has 3 rings (SSSR count). The second kappa shape index (κ2) is 5.97. The van der Waals surface area contributed by atoms with Gasteiger partial charge in [-0.25, -0.2) is 0 Å². The highest BCUT2D eigenvalue weighted by Crippen LogP contribution is 2.30. The summed E-state index contributed by atoms with van der Waals surface area (Å²) in [6.07, 6.45) is 0.705. The lowest BCUT2D eigenvalue weighted by molar-refractivity contribution is -0.147. The smallest absolute Gasteiger partial charge is 0.310 e. The zero-order valence-electron chi connectivity index (χ0n) is 12.8. The highest BCUT2D eigenvalue weighted by Gasteiger charge is 2.40. The Bertz CT molecular complexity index is 680. The molecule has 0 radical (unpaired) electrons. The van der Waals surface area contributed by atoms with E-state index < -0.39 is 11.4 Å². The third kappa shape index (κ3) is 2.92. The van der Waals surface area contributed by atoms with Crippen LogP contribution >= 0.6 is 0 Å². The molecule has 1 heterocycles. The summed E-state index contributed by atoms with van der Waals surface area (Å²) in [4.78, 5) is 13.4. The van der Waals surface area contributed by atoms with Crippen LogP contribution in [0.5, 0.6) is 5.75 Å². The molecule has 1 fully saturated rings. The quantitative estimate of drug-likeness (QED) is 0.922. The Hall–Kier alpha value is -2.07. The summed E-state index contributed by atoms with van der Waals surface area (Å²) >= 11 is 0. The van der Waals surface area contributed by atoms with E-state index in [2.05, 4.69) is 23.1 Å². The summed E-state index contributed by atoms with van der Waals surface area (Å²) in [7, 11) is 0. The molecule has 1 N–H and O–H groups in total. The number of carboxylic acid groups (broad SMARTS) is 1. The van der Waals surface area contributed by atoms with Crippen LogP contribution in [0.25, 0.3) is 10.8 Å². The summed E-state index contributed by atoms with van der Waals surface area (Å²) in [6, 6.07) is 14.2. The number of ether oxygens (including phenoxy) is 1. The molecule has 2 aromatic rings. The number of fused-ring (bicyclic) bond motifs is 1.